The number of thioether (sulfide) groups is 1. The predicted molar refractivity (Wildman–Crippen MR) is 116 cm³/mol. The molecule has 0 spiro atoms. The first-order chi connectivity index (χ1) is 13.8. The molecule has 9 heteroatoms. The van der Waals surface area contributed by atoms with Crippen LogP contribution < -0.4 is 10.6 Å². The normalized spacial score (nSPS) is 16.1. The van der Waals surface area contributed by atoms with Gasteiger partial charge in [0.05, 0.1) is 17.0 Å². The number of hydrogen-bond acceptors (Lipinski definition) is 6. The highest BCUT2D eigenvalue weighted by Gasteiger charge is 2.19. The quantitative estimate of drug-likeness (QED) is 0.585. The third-order valence-electron chi connectivity index (χ3n) is 4.66. The fourth-order valence-corrected chi connectivity index (χ4v) is 4.18. The monoisotopic (exact) mass is 430 g/mol. The van der Waals surface area contributed by atoms with E-state index in [-0.39, 0.29) is 24.4 Å². The van der Waals surface area contributed by atoms with Crippen LogP contribution in [0, 0.1) is 0 Å². The number of amides is 1. The van der Waals surface area contributed by atoms with E-state index in [1.807, 2.05) is 54.6 Å². The van der Waals surface area contributed by atoms with Gasteiger partial charge < -0.3 is 10.6 Å². The lowest BCUT2D eigenvalue weighted by atomic mass is 10.1. The van der Waals surface area contributed by atoms with Crippen molar-refractivity contribution in [2.24, 2.45) is 0 Å². The van der Waals surface area contributed by atoms with E-state index in [0.717, 1.165) is 42.3 Å². The summed E-state index contributed by atoms with van der Waals surface area (Å²) in [6.07, 6.45) is 2.10. The van der Waals surface area contributed by atoms with Crippen LogP contribution in [-0.4, -0.2) is 45.2 Å². The van der Waals surface area contributed by atoms with E-state index in [1.165, 1.54) is 0 Å². The first-order valence-electron chi connectivity index (χ1n) is 9.37. The maximum absolute atomic E-state index is 12.8. The molecule has 29 heavy (non-hydrogen) atoms. The fourth-order valence-electron chi connectivity index (χ4n) is 3.23. The van der Waals surface area contributed by atoms with Crippen molar-refractivity contribution in [2.45, 2.75) is 29.5 Å². The number of tetrazole rings is 1. The van der Waals surface area contributed by atoms with Gasteiger partial charge in [-0.2, -0.15) is 4.68 Å². The zero-order valence-corrected chi connectivity index (χ0v) is 17.5. The number of carbonyl (C=O) groups excluding carboxylic acids is 1. The molecule has 7 nitrogen and oxygen atoms in total. The summed E-state index contributed by atoms with van der Waals surface area (Å²) in [5.41, 5.74) is 1.61. The van der Waals surface area contributed by atoms with E-state index in [2.05, 4.69) is 26.2 Å². The number of para-hydroxylation sites is 1. The van der Waals surface area contributed by atoms with Crippen molar-refractivity contribution in [3.8, 4) is 5.69 Å². The predicted octanol–water partition coefficient (Wildman–Crippen LogP) is 2.86. The van der Waals surface area contributed by atoms with Crippen LogP contribution in [0.4, 0.5) is 0 Å². The Morgan fingerprint density at radius 1 is 1.17 bits per heavy atom. The molecule has 0 saturated carbocycles. The van der Waals surface area contributed by atoms with Gasteiger partial charge in [-0.1, -0.05) is 30.3 Å². The highest BCUT2D eigenvalue weighted by molar-refractivity contribution is 7.98. The average molecular weight is 431 g/mol. The van der Waals surface area contributed by atoms with Crippen LogP contribution in [0.2, 0.25) is 0 Å². The fraction of sp³-hybridized carbons (Fsp3) is 0.300. The molecule has 0 radical (unpaired) electrons. The second-order valence-corrected chi connectivity index (χ2v) is 7.66. The minimum Gasteiger partial charge on any atom is -0.348 e. The molecule has 4 rings (SSSR count). The summed E-state index contributed by atoms with van der Waals surface area (Å²) in [5.74, 6) is 1.28. The number of benzene rings is 2. The molecule has 1 aromatic heterocycles. The van der Waals surface area contributed by atoms with Gasteiger partial charge in [0.2, 0.25) is 0 Å². The molecule has 0 aliphatic carbocycles. The molecule has 0 bridgehead atoms. The molecule has 1 aliphatic heterocycles. The lowest BCUT2D eigenvalue weighted by Crippen LogP contribution is -2.45. The second kappa shape index (κ2) is 10.4. The Labute approximate surface area is 180 Å². The second-order valence-electron chi connectivity index (χ2n) is 6.64. The molecule has 1 saturated heterocycles. The molecular weight excluding hydrogens is 408 g/mol. The zero-order valence-electron chi connectivity index (χ0n) is 15.8. The van der Waals surface area contributed by atoms with Crippen LogP contribution in [0.5, 0.6) is 0 Å². The van der Waals surface area contributed by atoms with Crippen molar-refractivity contribution in [1.82, 2.24) is 30.8 Å². The molecule has 1 fully saturated rings. The number of nitrogens with one attached hydrogen (secondary N) is 2. The lowest BCUT2D eigenvalue weighted by molar-refractivity contribution is 0.0927. The standard InChI is InChI=1S/C20H22N6OS.ClH/c27-20(22-15-7-6-12-21-13-15)17-10-4-5-11-18(17)28-14-19-23-24-25-26(19)16-8-2-1-3-9-16;/h1-5,8-11,15,21H,6-7,12-14H2,(H,22,27);1H. The molecular formula is C20H23ClN6OS. The SMILES string of the molecule is Cl.O=C(NC1CCCNC1)c1ccccc1SCc1nnnn1-c1ccccc1. The van der Waals surface area contributed by atoms with Crippen LogP contribution >= 0.6 is 24.2 Å². The van der Waals surface area contributed by atoms with Gasteiger partial charge in [0.25, 0.3) is 5.91 Å². The minimum absolute atomic E-state index is 0. The van der Waals surface area contributed by atoms with E-state index in [0.29, 0.717) is 11.3 Å². The largest absolute Gasteiger partial charge is 0.348 e. The summed E-state index contributed by atoms with van der Waals surface area (Å²) in [4.78, 5) is 13.7. The molecule has 1 unspecified atom stereocenters. The number of aromatic nitrogens is 4. The summed E-state index contributed by atoms with van der Waals surface area (Å²) in [5, 5.41) is 18.5. The van der Waals surface area contributed by atoms with Gasteiger partial charge in [0.15, 0.2) is 5.82 Å². The Bertz CT molecular complexity index is 929. The Morgan fingerprint density at radius 3 is 2.76 bits per heavy atom. The summed E-state index contributed by atoms with van der Waals surface area (Å²) in [6.45, 7) is 1.85. The molecule has 1 aliphatic rings. The first-order valence-corrected chi connectivity index (χ1v) is 10.4. The maximum atomic E-state index is 12.8. The van der Waals surface area contributed by atoms with Crippen LogP contribution in [0.25, 0.3) is 5.69 Å². The van der Waals surface area contributed by atoms with Crippen molar-refractivity contribution in [3.05, 3.63) is 66.0 Å². The maximum Gasteiger partial charge on any atom is 0.252 e. The third-order valence-corrected chi connectivity index (χ3v) is 5.72. The zero-order chi connectivity index (χ0) is 19.2. The van der Waals surface area contributed by atoms with E-state index >= 15 is 0 Å². The lowest BCUT2D eigenvalue weighted by Gasteiger charge is -2.24. The van der Waals surface area contributed by atoms with Crippen molar-refractivity contribution in [3.63, 3.8) is 0 Å². The van der Waals surface area contributed by atoms with Crippen LogP contribution in [0.3, 0.4) is 0 Å². The number of nitrogens with zero attached hydrogens (tertiary/aromatic N) is 4. The Morgan fingerprint density at radius 2 is 1.97 bits per heavy atom. The van der Waals surface area contributed by atoms with Gasteiger partial charge in [-0.05, 0) is 54.1 Å². The van der Waals surface area contributed by atoms with Gasteiger partial charge in [-0.25, -0.2) is 0 Å². The number of piperidine rings is 1. The topological polar surface area (TPSA) is 84.7 Å². The summed E-state index contributed by atoms with van der Waals surface area (Å²) in [6, 6.07) is 17.6. The summed E-state index contributed by atoms with van der Waals surface area (Å²) in [7, 11) is 0. The summed E-state index contributed by atoms with van der Waals surface area (Å²) < 4.78 is 1.73. The van der Waals surface area contributed by atoms with E-state index in [9.17, 15) is 4.79 Å². The van der Waals surface area contributed by atoms with Crippen LogP contribution in [0.1, 0.15) is 29.0 Å². The van der Waals surface area contributed by atoms with Crippen molar-refractivity contribution in [2.75, 3.05) is 13.1 Å². The van der Waals surface area contributed by atoms with Crippen LogP contribution in [0.15, 0.2) is 59.5 Å². The number of halogens is 1. The van der Waals surface area contributed by atoms with Crippen molar-refractivity contribution < 1.29 is 4.79 Å². The average Bonchev–Trinajstić information content (AvgIpc) is 3.22. The number of rotatable bonds is 6. The van der Waals surface area contributed by atoms with E-state index < -0.39 is 0 Å². The van der Waals surface area contributed by atoms with Gasteiger partial charge in [-0.15, -0.1) is 29.3 Å². The third kappa shape index (κ3) is 5.35. The van der Waals surface area contributed by atoms with Gasteiger partial charge in [0.1, 0.15) is 0 Å². The number of carbonyl (C=O) groups is 1. The molecule has 2 N–H and O–H groups in total. The van der Waals surface area contributed by atoms with Crippen LogP contribution in [-0.2, 0) is 5.75 Å². The van der Waals surface area contributed by atoms with Crippen molar-refractivity contribution >= 4 is 30.1 Å². The molecule has 3 aromatic rings. The molecule has 1 atom stereocenters. The molecule has 152 valence electrons. The summed E-state index contributed by atoms with van der Waals surface area (Å²) >= 11 is 1.56. The van der Waals surface area contributed by atoms with Gasteiger partial charge in [0, 0.05) is 17.5 Å². The Kier molecular flexibility index (Phi) is 7.62. The van der Waals surface area contributed by atoms with E-state index in [4.69, 9.17) is 0 Å². The van der Waals surface area contributed by atoms with E-state index in [1.54, 1.807) is 16.4 Å². The molecule has 2 aromatic carbocycles. The molecule has 1 amide bonds. The number of hydrogen-bond donors (Lipinski definition) is 2. The smallest absolute Gasteiger partial charge is 0.252 e. The van der Waals surface area contributed by atoms with Crippen molar-refractivity contribution in [1.29, 1.82) is 0 Å². The first kappa shape index (κ1) is 21.3. The Hall–Kier alpha value is -2.42. The Balaban J connectivity index is 0.00000240. The van der Waals surface area contributed by atoms with Gasteiger partial charge in [-0.3, -0.25) is 4.79 Å². The highest BCUT2D eigenvalue weighted by atomic mass is 35.5. The van der Waals surface area contributed by atoms with Gasteiger partial charge >= 0.3 is 0 Å². The highest BCUT2D eigenvalue weighted by Crippen LogP contribution is 2.26. The minimum atomic E-state index is -0.0283. The molecule has 2 heterocycles.